The molecule has 5 heteroatoms. The maximum Gasteiger partial charge on any atom is 0.334 e. The molecule has 0 N–H and O–H groups in total. The highest BCUT2D eigenvalue weighted by molar-refractivity contribution is 6.27. The summed E-state index contributed by atoms with van der Waals surface area (Å²) in [7, 11) is 0. The number of hydrogen-bond acceptors (Lipinski definition) is 4. The standard InChI is InChI=1S/C7H10ClNO3/c1-2-11-7(10)5-4-12-6(3-8)9-5/h5H,2-4H2,1H3. The van der Waals surface area contributed by atoms with Crippen molar-refractivity contribution in [1.82, 2.24) is 0 Å². The molecule has 0 aromatic rings. The van der Waals surface area contributed by atoms with Gasteiger partial charge in [-0.25, -0.2) is 9.79 Å². The van der Waals surface area contributed by atoms with Gasteiger partial charge in [0.2, 0.25) is 0 Å². The lowest BCUT2D eigenvalue weighted by Crippen LogP contribution is -2.22. The zero-order chi connectivity index (χ0) is 8.97. The average Bonchev–Trinajstić information content (AvgIpc) is 2.52. The molecular formula is C7H10ClNO3. The predicted molar refractivity (Wildman–Crippen MR) is 44.5 cm³/mol. The molecule has 0 saturated carbocycles. The molecule has 0 bridgehead atoms. The van der Waals surface area contributed by atoms with Crippen molar-refractivity contribution in [2.75, 3.05) is 19.1 Å². The summed E-state index contributed by atoms with van der Waals surface area (Å²) in [6.45, 7) is 2.36. The van der Waals surface area contributed by atoms with Gasteiger partial charge in [-0.15, -0.1) is 11.6 Å². The quantitative estimate of drug-likeness (QED) is 0.485. The Morgan fingerprint density at radius 2 is 2.67 bits per heavy atom. The summed E-state index contributed by atoms with van der Waals surface area (Å²) in [6.07, 6.45) is 0. The second kappa shape index (κ2) is 4.30. The van der Waals surface area contributed by atoms with E-state index >= 15 is 0 Å². The van der Waals surface area contributed by atoms with E-state index in [4.69, 9.17) is 21.1 Å². The van der Waals surface area contributed by atoms with Crippen LogP contribution >= 0.6 is 11.6 Å². The molecule has 1 atom stereocenters. The summed E-state index contributed by atoms with van der Waals surface area (Å²) < 4.78 is 9.75. The molecule has 0 aromatic carbocycles. The summed E-state index contributed by atoms with van der Waals surface area (Å²) in [5.74, 6) is 0.267. The van der Waals surface area contributed by atoms with Crippen LogP contribution in [0.4, 0.5) is 0 Å². The third-order valence-electron chi connectivity index (χ3n) is 1.38. The number of nitrogens with zero attached hydrogens (tertiary/aromatic N) is 1. The minimum absolute atomic E-state index is 0.204. The number of rotatable bonds is 3. The Bertz CT molecular complexity index is 205. The van der Waals surface area contributed by atoms with E-state index in [-0.39, 0.29) is 18.5 Å². The summed E-state index contributed by atoms with van der Waals surface area (Å²) in [5, 5.41) is 0. The Kier molecular flexibility index (Phi) is 3.34. The van der Waals surface area contributed by atoms with Gasteiger partial charge in [-0.2, -0.15) is 0 Å². The normalized spacial score (nSPS) is 21.5. The van der Waals surface area contributed by atoms with Crippen molar-refractivity contribution in [1.29, 1.82) is 0 Å². The van der Waals surface area contributed by atoms with Crippen LogP contribution in [0.1, 0.15) is 6.92 Å². The van der Waals surface area contributed by atoms with Crippen molar-refractivity contribution >= 4 is 23.5 Å². The molecule has 4 nitrogen and oxygen atoms in total. The first-order valence-electron chi connectivity index (χ1n) is 3.70. The van der Waals surface area contributed by atoms with Gasteiger partial charge in [0, 0.05) is 0 Å². The molecule has 0 saturated heterocycles. The molecular weight excluding hydrogens is 182 g/mol. The summed E-state index contributed by atoms with van der Waals surface area (Å²) in [6, 6.07) is -0.515. The zero-order valence-corrected chi connectivity index (χ0v) is 7.50. The van der Waals surface area contributed by atoms with Crippen molar-refractivity contribution < 1.29 is 14.3 Å². The van der Waals surface area contributed by atoms with Crippen LogP contribution in [-0.4, -0.2) is 37.0 Å². The van der Waals surface area contributed by atoms with Crippen LogP contribution in [0.2, 0.25) is 0 Å². The molecule has 68 valence electrons. The predicted octanol–water partition coefficient (Wildman–Crippen LogP) is 0.586. The second-order valence-electron chi connectivity index (χ2n) is 2.24. The highest BCUT2D eigenvalue weighted by Gasteiger charge is 2.26. The van der Waals surface area contributed by atoms with Crippen LogP contribution in [0, 0.1) is 0 Å². The van der Waals surface area contributed by atoms with Gasteiger partial charge in [-0.05, 0) is 6.92 Å². The summed E-state index contributed by atoms with van der Waals surface area (Å²) >= 11 is 5.45. The topological polar surface area (TPSA) is 47.9 Å². The van der Waals surface area contributed by atoms with E-state index in [1.54, 1.807) is 6.92 Å². The van der Waals surface area contributed by atoms with Crippen molar-refractivity contribution in [3.63, 3.8) is 0 Å². The lowest BCUT2D eigenvalue weighted by atomic mass is 10.3. The van der Waals surface area contributed by atoms with Gasteiger partial charge >= 0.3 is 5.97 Å². The Balaban J connectivity index is 2.45. The van der Waals surface area contributed by atoms with Crippen LogP contribution in [-0.2, 0) is 14.3 Å². The van der Waals surface area contributed by atoms with Crippen LogP contribution in [0.5, 0.6) is 0 Å². The zero-order valence-electron chi connectivity index (χ0n) is 6.75. The van der Waals surface area contributed by atoms with Crippen LogP contribution in [0.3, 0.4) is 0 Å². The number of halogens is 1. The first-order valence-corrected chi connectivity index (χ1v) is 4.23. The summed E-state index contributed by atoms with van der Waals surface area (Å²) in [5.41, 5.74) is 0. The molecule has 0 aliphatic carbocycles. The van der Waals surface area contributed by atoms with Crippen LogP contribution in [0.15, 0.2) is 4.99 Å². The molecule has 1 aliphatic rings. The Labute approximate surface area is 75.5 Å². The smallest absolute Gasteiger partial charge is 0.334 e. The fourth-order valence-corrected chi connectivity index (χ4v) is 1.00. The minimum atomic E-state index is -0.515. The molecule has 0 fully saturated rings. The van der Waals surface area contributed by atoms with E-state index < -0.39 is 6.04 Å². The van der Waals surface area contributed by atoms with Crippen molar-refractivity contribution in [3.8, 4) is 0 Å². The Morgan fingerprint density at radius 3 is 3.17 bits per heavy atom. The third kappa shape index (κ3) is 2.11. The van der Waals surface area contributed by atoms with Crippen LogP contribution in [0.25, 0.3) is 0 Å². The fraction of sp³-hybridized carbons (Fsp3) is 0.714. The minimum Gasteiger partial charge on any atom is -0.477 e. The fourth-order valence-electron chi connectivity index (χ4n) is 0.856. The number of aliphatic imine (C=N–C) groups is 1. The van der Waals surface area contributed by atoms with E-state index in [9.17, 15) is 4.79 Å². The second-order valence-corrected chi connectivity index (χ2v) is 2.50. The lowest BCUT2D eigenvalue weighted by Gasteiger charge is -2.02. The number of ether oxygens (including phenoxy) is 2. The van der Waals surface area contributed by atoms with E-state index in [0.717, 1.165) is 0 Å². The van der Waals surface area contributed by atoms with Gasteiger partial charge in [0.05, 0.1) is 12.5 Å². The number of alkyl halides is 1. The molecule has 1 heterocycles. The third-order valence-corrected chi connectivity index (χ3v) is 1.61. The molecule has 1 rings (SSSR count). The molecule has 0 radical (unpaired) electrons. The molecule has 1 aliphatic heterocycles. The number of esters is 1. The number of carbonyl (C=O) groups is 1. The van der Waals surface area contributed by atoms with E-state index in [2.05, 4.69) is 4.99 Å². The van der Waals surface area contributed by atoms with E-state index in [1.807, 2.05) is 0 Å². The monoisotopic (exact) mass is 191 g/mol. The lowest BCUT2D eigenvalue weighted by molar-refractivity contribution is -0.144. The summed E-state index contributed by atoms with van der Waals surface area (Å²) in [4.78, 5) is 15.0. The SMILES string of the molecule is CCOC(=O)C1COC(CCl)=N1. The number of hydrogen-bond donors (Lipinski definition) is 0. The maximum absolute atomic E-state index is 11.1. The van der Waals surface area contributed by atoms with Gasteiger partial charge < -0.3 is 9.47 Å². The molecule has 1 unspecified atom stereocenters. The molecule has 0 amide bonds. The molecule has 0 aromatic heterocycles. The molecule has 12 heavy (non-hydrogen) atoms. The van der Waals surface area contributed by atoms with Gasteiger partial charge in [0.15, 0.2) is 11.9 Å². The van der Waals surface area contributed by atoms with Gasteiger partial charge in [-0.3, -0.25) is 0 Å². The van der Waals surface area contributed by atoms with Gasteiger partial charge in [0.1, 0.15) is 6.61 Å². The average molecular weight is 192 g/mol. The Morgan fingerprint density at radius 1 is 1.92 bits per heavy atom. The van der Waals surface area contributed by atoms with E-state index in [0.29, 0.717) is 12.5 Å². The Hall–Kier alpha value is -0.770. The van der Waals surface area contributed by atoms with Crippen molar-refractivity contribution in [2.24, 2.45) is 4.99 Å². The van der Waals surface area contributed by atoms with Gasteiger partial charge in [-0.1, -0.05) is 0 Å². The first-order chi connectivity index (χ1) is 5.77. The molecule has 0 spiro atoms. The van der Waals surface area contributed by atoms with Crippen LogP contribution < -0.4 is 0 Å². The van der Waals surface area contributed by atoms with Crippen molar-refractivity contribution in [3.05, 3.63) is 0 Å². The van der Waals surface area contributed by atoms with E-state index in [1.165, 1.54) is 0 Å². The largest absolute Gasteiger partial charge is 0.477 e. The number of carbonyl (C=O) groups excluding carboxylic acids is 1. The van der Waals surface area contributed by atoms with Crippen molar-refractivity contribution in [2.45, 2.75) is 13.0 Å². The maximum atomic E-state index is 11.1. The first kappa shape index (κ1) is 9.32. The highest BCUT2D eigenvalue weighted by atomic mass is 35.5. The van der Waals surface area contributed by atoms with Gasteiger partial charge in [0.25, 0.3) is 0 Å². The highest BCUT2D eigenvalue weighted by Crippen LogP contribution is 2.07.